The number of hydrogen-bond donors (Lipinski definition) is 1. The molecule has 0 spiro atoms. The average molecular weight is 212 g/mol. The molecule has 1 aliphatic heterocycles. The first kappa shape index (κ1) is 11.9. The van der Waals surface area contributed by atoms with E-state index in [9.17, 15) is 14.7 Å². The van der Waals surface area contributed by atoms with Crippen molar-refractivity contribution >= 4 is 11.8 Å². The molecule has 0 amide bonds. The van der Waals surface area contributed by atoms with E-state index in [0.717, 1.165) is 6.42 Å². The molecule has 1 N–H and O–H groups in total. The lowest BCUT2D eigenvalue weighted by atomic mass is 9.91. The van der Waals surface area contributed by atoms with Gasteiger partial charge in [-0.15, -0.1) is 0 Å². The molecule has 1 heterocycles. The molecular formula is C11H16O4. The fraction of sp³-hybridized carbons (Fsp3) is 0.636. The summed E-state index contributed by atoms with van der Waals surface area (Å²) in [5.41, 5.74) is -1.98. The first-order chi connectivity index (χ1) is 6.95. The molecule has 0 saturated carbocycles. The Labute approximate surface area is 88.9 Å². The van der Waals surface area contributed by atoms with Crippen molar-refractivity contribution in [3.05, 3.63) is 11.8 Å². The van der Waals surface area contributed by atoms with Crippen LogP contribution in [0.15, 0.2) is 11.8 Å². The lowest BCUT2D eigenvalue weighted by molar-refractivity contribution is -0.169. The molecule has 2 unspecified atom stereocenters. The Morgan fingerprint density at radius 3 is 2.47 bits per heavy atom. The third kappa shape index (κ3) is 1.95. The number of aliphatic hydroxyl groups is 1. The SMILES string of the molecule is CCC(C)C1=CC(=O)C(O)(CC)C(=O)O1. The first-order valence-electron chi connectivity index (χ1n) is 5.16. The number of carbonyl (C=O) groups excluding carboxylic acids is 2. The standard InChI is InChI=1S/C11H16O4/c1-4-7(3)8-6-9(12)11(14,5-2)10(13)15-8/h6-7,14H,4-5H2,1-3H3. The highest BCUT2D eigenvalue weighted by Crippen LogP contribution is 2.27. The van der Waals surface area contributed by atoms with Crippen LogP contribution in [0.3, 0.4) is 0 Å². The zero-order valence-corrected chi connectivity index (χ0v) is 9.24. The molecule has 0 saturated heterocycles. The minimum Gasteiger partial charge on any atom is -0.428 e. The summed E-state index contributed by atoms with van der Waals surface area (Å²) in [7, 11) is 0. The van der Waals surface area contributed by atoms with Crippen LogP contribution >= 0.6 is 0 Å². The second kappa shape index (κ2) is 4.14. The Kier molecular flexibility index (Phi) is 3.29. The van der Waals surface area contributed by atoms with Gasteiger partial charge in [0.15, 0.2) is 0 Å². The van der Waals surface area contributed by atoms with E-state index in [1.165, 1.54) is 6.08 Å². The normalized spacial score (nSPS) is 28.4. The molecule has 4 heteroatoms. The number of rotatable bonds is 3. The fourth-order valence-corrected chi connectivity index (χ4v) is 1.33. The highest BCUT2D eigenvalue weighted by atomic mass is 16.6. The maximum atomic E-state index is 11.6. The number of ketones is 1. The number of cyclic esters (lactones) is 1. The fourth-order valence-electron chi connectivity index (χ4n) is 1.33. The van der Waals surface area contributed by atoms with Crippen LogP contribution in [0.1, 0.15) is 33.6 Å². The van der Waals surface area contributed by atoms with Gasteiger partial charge in [0.05, 0.1) is 0 Å². The third-order valence-electron chi connectivity index (χ3n) is 2.84. The molecule has 4 nitrogen and oxygen atoms in total. The zero-order chi connectivity index (χ0) is 11.6. The lowest BCUT2D eigenvalue weighted by Gasteiger charge is -2.28. The van der Waals surface area contributed by atoms with E-state index < -0.39 is 17.4 Å². The molecule has 0 aliphatic carbocycles. The Balaban J connectivity index is 3.00. The molecule has 1 rings (SSSR count). The number of carbonyl (C=O) groups is 2. The van der Waals surface area contributed by atoms with Gasteiger partial charge in [-0.2, -0.15) is 0 Å². The van der Waals surface area contributed by atoms with Crippen LogP contribution in [0.25, 0.3) is 0 Å². The Morgan fingerprint density at radius 2 is 2.07 bits per heavy atom. The molecular weight excluding hydrogens is 196 g/mol. The topological polar surface area (TPSA) is 63.6 Å². The molecule has 15 heavy (non-hydrogen) atoms. The van der Waals surface area contributed by atoms with Crippen molar-refractivity contribution in [3.8, 4) is 0 Å². The summed E-state index contributed by atoms with van der Waals surface area (Å²) in [6, 6.07) is 0. The molecule has 84 valence electrons. The van der Waals surface area contributed by atoms with Crippen LogP contribution in [0.5, 0.6) is 0 Å². The molecule has 0 fully saturated rings. The molecule has 0 aromatic carbocycles. The van der Waals surface area contributed by atoms with Gasteiger partial charge in [-0.25, -0.2) is 4.79 Å². The highest BCUT2D eigenvalue weighted by molar-refractivity contribution is 6.14. The molecule has 2 atom stereocenters. The van der Waals surface area contributed by atoms with Gasteiger partial charge in [-0.05, 0) is 12.8 Å². The van der Waals surface area contributed by atoms with Crippen LogP contribution in [0.2, 0.25) is 0 Å². The van der Waals surface area contributed by atoms with E-state index in [1.807, 2.05) is 13.8 Å². The smallest absolute Gasteiger partial charge is 0.351 e. The molecule has 1 aliphatic rings. The number of ether oxygens (including phenoxy) is 1. The molecule has 0 aromatic rings. The summed E-state index contributed by atoms with van der Waals surface area (Å²) in [6.07, 6.45) is 2.05. The summed E-state index contributed by atoms with van der Waals surface area (Å²) in [5.74, 6) is -1.06. The van der Waals surface area contributed by atoms with Crippen LogP contribution in [-0.4, -0.2) is 22.5 Å². The maximum absolute atomic E-state index is 11.6. The van der Waals surface area contributed by atoms with Crippen molar-refractivity contribution < 1.29 is 19.4 Å². The van der Waals surface area contributed by atoms with E-state index in [0.29, 0.717) is 5.76 Å². The van der Waals surface area contributed by atoms with E-state index in [2.05, 4.69) is 0 Å². The number of hydrogen-bond acceptors (Lipinski definition) is 4. The van der Waals surface area contributed by atoms with Gasteiger partial charge in [0.25, 0.3) is 0 Å². The van der Waals surface area contributed by atoms with E-state index in [4.69, 9.17) is 4.74 Å². The first-order valence-corrected chi connectivity index (χ1v) is 5.16. The quantitative estimate of drug-likeness (QED) is 0.563. The van der Waals surface area contributed by atoms with Gasteiger partial charge < -0.3 is 9.84 Å². The molecule has 0 aromatic heterocycles. The summed E-state index contributed by atoms with van der Waals surface area (Å²) in [6.45, 7) is 5.37. The predicted molar refractivity (Wildman–Crippen MR) is 53.9 cm³/mol. The van der Waals surface area contributed by atoms with Crippen molar-refractivity contribution in [1.29, 1.82) is 0 Å². The Morgan fingerprint density at radius 1 is 1.47 bits per heavy atom. The summed E-state index contributed by atoms with van der Waals surface area (Å²) >= 11 is 0. The van der Waals surface area contributed by atoms with Crippen molar-refractivity contribution in [2.24, 2.45) is 5.92 Å². The second-order valence-corrected chi connectivity index (χ2v) is 3.82. The van der Waals surface area contributed by atoms with Gasteiger partial charge in [-0.3, -0.25) is 4.79 Å². The summed E-state index contributed by atoms with van der Waals surface area (Å²) in [5, 5.41) is 9.72. The monoisotopic (exact) mass is 212 g/mol. The van der Waals surface area contributed by atoms with Crippen LogP contribution in [0, 0.1) is 5.92 Å². The van der Waals surface area contributed by atoms with Crippen LogP contribution in [-0.2, 0) is 14.3 Å². The Bertz CT molecular complexity index is 319. The largest absolute Gasteiger partial charge is 0.428 e. The van der Waals surface area contributed by atoms with Gasteiger partial charge in [0.1, 0.15) is 5.76 Å². The van der Waals surface area contributed by atoms with Gasteiger partial charge in [-0.1, -0.05) is 20.8 Å². The predicted octanol–water partition coefficient (Wildman–Crippen LogP) is 1.18. The lowest BCUT2D eigenvalue weighted by Crippen LogP contribution is -2.49. The minimum atomic E-state index is -1.98. The van der Waals surface area contributed by atoms with Crippen molar-refractivity contribution in [2.75, 3.05) is 0 Å². The number of allylic oxidation sites excluding steroid dienone is 1. The van der Waals surface area contributed by atoms with Crippen LogP contribution < -0.4 is 0 Å². The van der Waals surface area contributed by atoms with Crippen molar-refractivity contribution in [3.63, 3.8) is 0 Å². The molecule has 0 radical (unpaired) electrons. The van der Waals surface area contributed by atoms with Crippen LogP contribution in [0.4, 0.5) is 0 Å². The minimum absolute atomic E-state index is 0.0132. The van der Waals surface area contributed by atoms with Crippen molar-refractivity contribution in [1.82, 2.24) is 0 Å². The van der Waals surface area contributed by atoms with Gasteiger partial charge >= 0.3 is 5.97 Å². The van der Waals surface area contributed by atoms with E-state index in [-0.39, 0.29) is 12.3 Å². The Hall–Kier alpha value is -1.16. The second-order valence-electron chi connectivity index (χ2n) is 3.82. The summed E-state index contributed by atoms with van der Waals surface area (Å²) < 4.78 is 4.97. The van der Waals surface area contributed by atoms with Gasteiger partial charge in [0.2, 0.25) is 11.4 Å². The zero-order valence-electron chi connectivity index (χ0n) is 9.24. The maximum Gasteiger partial charge on any atom is 0.351 e. The third-order valence-corrected chi connectivity index (χ3v) is 2.84. The van der Waals surface area contributed by atoms with E-state index >= 15 is 0 Å². The van der Waals surface area contributed by atoms with Crippen molar-refractivity contribution in [2.45, 2.75) is 39.2 Å². The summed E-state index contributed by atoms with van der Waals surface area (Å²) in [4.78, 5) is 23.0. The average Bonchev–Trinajstić information content (AvgIpc) is 2.23. The van der Waals surface area contributed by atoms with Gasteiger partial charge in [0, 0.05) is 12.0 Å². The van der Waals surface area contributed by atoms with E-state index in [1.54, 1.807) is 6.92 Å². The highest BCUT2D eigenvalue weighted by Gasteiger charge is 2.46. The molecule has 0 bridgehead atoms. The number of esters is 1.